The molecule has 2 heterocycles. The van der Waals surface area contributed by atoms with Crippen molar-refractivity contribution in [2.24, 2.45) is 0 Å². The van der Waals surface area contributed by atoms with Gasteiger partial charge in [-0.2, -0.15) is 0 Å². The second-order valence-electron chi connectivity index (χ2n) is 8.14. The zero-order valence-corrected chi connectivity index (χ0v) is 15.0. The van der Waals surface area contributed by atoms with E-state index < -0.39 is 5.97 Å². The predicted molar refractivity (Wildman–Crippen MR) is 92.2 cm³/mol. The van der Waals surface area contributed by atoms with E-state index in [4.69, 9.17) is 5.11 Å². The molecule has 2 aliphatic heterocycles. The molecule has 0 radical (unpaired) electrons. The summed E-state index contributed by atoms with van der Waals surface area (Å²) in [6, 6.07) is 0.798. The van der Waals surface area contributed by atoms with Crippen molar-refractivity contribution in [2.75, 3.05) is 13.1 Å². The van der Waals surface area contributed by atoms with Crippen LogP contribution in [0.25, 0.3) is 0 Å². The molecule has 0 aromatic heterocycles. The van der Waals surface area contributed by atoms with E-state index in [0.29, 0.717) is 11.1 Å². The minimum absolute atomic E-state index is 0.176. The van der Waals surface area contributed by atoms with E-state index >= 15 is 0 Å². The minimum atomic E-state index is -0.935. The average molecular weight is 310 g/mol. The van der Waals surface area contributed by atoms with Gasteiger partial charge in [-0.15, -0.1) is 0 Å². The summed E-state index contributed by atoms with van der Waals surface area (Å²) in [6.07, 6.45) is 6.86. The first kappa shape index (κ1) is 19.2. The molecule has 4 nitrogen and oxygen atoms in total. The summed E-state index contributed by atoms with van der Waals surface area (Å²) in [4.78, 5) is 12.3. The third-order valence-electron chi connectivity index (χ3n) is 4.44. The molecule has 0 atom stereocenters. The average Bonchev–Trinajstić information content (AvgIpc) is 2.36. The summed E-state index contributed by atoms with van der Waals surface area (Å²) in [5.74, 6) is -0.935. The van der Waals surface area contributed by atoms with Gasteiger partial charge in [-0.3, -0.25) is 0 Å². The highest BCUT2D eigenvalue weighted by atomic mass is 16.4. The molecule has 2 rings (SSSR count). The Morgan fingerprint density at radius 2 is 1.50 bits per heavy atom. The number of nitrogens with zero attached hydrogens (tertiary/aromatic N) is 1. The zero-order valence-electron chi connectivity index (χ0n) is 15.0. The smallest absolute Gasteiger partial charge is 0.330 e. The van der Waals surface area contributed by atoms with Gasteiger partial charge in [0.25, 0.3) is 0 Å². The first-order chi connectivity index (χ1) is 10.0. The van der Waals surface area contributed by atoms with Crippen LogP contribution < -0.4 is 5.32 Å². The molecule has 0 aliphatic carbocycles. The van der Waals surface area contributed by atoms with Crippen LogP contribution in [0, 0.1) is 0 Å². The summed E-state index contributed by atoms with van der Waals surface area (Å²) >= 11 is 0. The van der Waals surface area contributed by atoms with E-state index in [0.717, 1.165) is 6.04 Å². The van der Waals surface area contributed by atoms with Crippen molar-refractivity contribution in [1.82, 2.24) is 10.2 Å². The standard InChI is InChI=1S/C14H28N2.C4H6O2/c1-13(2)10-12(11-14(3,4)15-13)16-8-6-5-7-9-16;1-3(2)4(5)6/h12,15H,5-11H2,1-4H3;1H2,2H3,(H,5,6). The van der Waals surface area contributed by atoms with E-state index in [2.05, 4.69) is 44.5 Å². The van der Waals surface area contributed by atoms with Crippen LogP contribution in [0.1, 0.15) is 66.7 Å². The SMILES string of the molecule is C=C(C)C(=O)O.CC1(C)CC(N2CCCCC2)CC(C)(C)N1. The molecule has 0 aromatic rings. The quantitative estimate of drug-likeness (QED) is 0.767. The highest BCUT2D eigenvalue weighted by Crippen LogP contribution is 2.32. The molecular formula is C18H34N2O2. The Kier molecular flexibility index (Phi) is 6.63. The maximum absolute atomic E-state index is 9.60. The summed E-state index contributed by atoms with van der Waals surface area (Å²) in [5.41, 5.74) is 0.767. The van der Waals surface area contributed by atoms with Crippen LogP contribution in [0.5, 0.6) is 0 Å². The fourth-order valence-electron chi connectivity index (χ4n) is 3.81. The molecule has 128 valence electrons. The van der Waals surface area contributed by atoms with Crippen LogP contribution in [0.15, 0.2) is 12.2 Å². The number of hydrogen-bond donors (Lipinski definition) is 2. The monoisotopic (exact) mass is 310 g/mol. The third kappa shape index (κ3) is 6.49. The van der Waals surface area contributed by atoms with Gasteiger partial charge in [0.05, 0.1) is 0 Å². The van der Waals surface area contributed by atoms with Gasteiger partial charge in [0.2, 0.25) is 0 Å². The molecule has 2 N–H and O–H groups in total. The first-order valence-electron chi connectivity index (χ1n) is 8.45. The van der Waals surface area contributed by atoms with E-state index in [-0.39, 0.29) is 5.57 Å². The van der Waals surface area contributed by atoms with Crippen molar-refractivity contribution in [3.63, 3.8) is 0 Å². The fourth-order valence-corrected chi connectivity index (χ4v) is 3.81. The number of nitrogens with one attached hydrogen (secondary N) is 1. The number of rotatable bonds is 2. The number of carboxylic acid groups (broad SMARTS) is 1. The van der Waals surface area contributed by atoms with Crippen LogP contribution in [0.2, 0.25) is 0 Å². The predicted octanol–water partition coefficient (Wildman–Crippen LogP) is 3.43. The van der Waals surface area contributed by atoms with Crippen molar-refractivity contribution >= 4 is 5.97 Å². The third-order valence-corrected chi connectivity index (χ3v) is 4.44. The Hall–Kier alpha value is -0.870. The lowest BCUT2D eigenvalue weighted by Gasteiger charge is -2.50. The molecule has 0 spiro atoms. The normalized spacial score (nSPS) is 25.0. The maximum Gasteiger partial charge on any atom is 0.330 e. The van der Waals surface area contributed by atoms with Crippen molar-refractivity contribution in [2.45, 2.75) is 83.8 Å². The number of likely N-dealkylation sites (tertiary alicyclic amines) is 1. The topological polar surface area (TPSA) is 52.6 Å². The Morgan fingerprint density at radius 1 is 1.09 bits per heavy atom. The lowest BCUT2D eigenvalue weighted by molar-refractivity contribution is -0.132. The Labute approximate surface area is 136 Å². The van der Waals surface area contributed by atoms with E-state index in [1.165, 1.54) is 52.1 Å². The van der Waals surface area contributed by atoms with Gasteiger partial charge in [-0.1, -0.05) is 13.0 Å². The Morgan fingerprint density at radius 3 is 1.86 bits per heavy atom. The van der Waals surface area contributed by atoms with Gasteiger partial charge >= 0.3 is 5.97 Å². The number of aliphatic carboxylic acids is 1. The highest BCUT2D eigenvalue weighted by Gasteiger charge is 2.39. The van der Waals surface area contributed by atoms with E-state index in [1.54, 1.807) is 0 Å². The van der Waals surface area contributed by atoms with Gasteiger partial charge in [-0.05, 0) is 73.4 Å². The van der Waals surface area contributed by atoms with Crippen molar-refractivity contribution in [3.8, 4) is 0 Å². The summed E-state index contributed by atoms with van der Waals surface area (Å²) < 4.78 is 0. The lowest BCUT2D eigenvalue weighted by atomic mass is 9.78. The molecule has 4 heteroatoms. The molecule has 2 fully saturated rings. The van der Waals surface area contributed by atoms with Crippen LogP contribution in [-0.4, -0.2) is 46.2 Å². The lowest BCUT2D eigenvalue weighted by Crippen LogP contribution is -2.62. The van der Waals surface area contributed by atoms with Crippen LogP contribution in [0.3, 0.4) is 0 Å². The number of piperidine rings is 2. The summed E-state index contributed by atoms with van der Waals surface area (Å²) in [5, 5.41) is 11.7. The van der Waals surface area contributed by atoms with Gasteiger partial charge in [0, 0.05) is 22.7 Å². The van der Waals surface area contributed by atoms with Crippen LogP contribution in [0.4, 0.5) is 0 Å². The summed E-state index contributed by atoms with van der Waals surface area (Å²) in [6.45, 7) is 16.7. The zero-order chi connectivity index (χ0) is 17.0. The van der Waals surface area contributed by atoms with Crippen molar-refractivity contribution in [3.05, 3.63) is 12.2 Å². The van der Waals surface area contributed by atoms with Gasteiger partial charge in [0.15, 0.2) is 0 Å². The molecule has 0 saturated carbocycles. The summed E-state index contributed by atoms with van der Waals surface area (Å²) in [7, 11) is 0. The molecule has 0 bridgehead atoms. The Balaban J connectivity index is 0.000000346. The molecular weight excluding hydrogens is 276 g/mol. The second kappa shape index (κ2) is 7.60. The van der Waals surface area contributed by atoms with Gasteiger partial charge in [0.1, 0.15) is 0 Å². The van der Waals surface area contributed by atoms with Crippen LogP contribution >= 0.6 is 0 Å². The molecule has 0 unspecified atom stereocenters. The maximum atomic E-state index is 9.60. The van der Waals surface area contributed by atoms with E-state index in [9.17, 15) is 4.79 Å². The van der Waals surface area contributed by atoms with Crippen molar-refractivity contribution < 1.29 is 9.90 Å². The van der Waals surface area contributed by atoms with Gasteiger partial charge in [-0.25, -0.2) is 4.79 Å². The van der Waals surface area contributed by atoms with Crippen molar-refractivity contribution in [1.29, 1.82) is 0 Å². The van der Waals surface area contributed by atoms with Crippen LogP contribution in [-0.2, 0) is 4.79 Å². The Bertz CT molecular complexity index is 368. The number of hydrogen-bond acceptors (Lipinski definition) is 3. The first-order valence-corrected chi connectivity index (χ1v) is 8.45. The molecule has 2 aliphatic rings. The minimum Gasteiger partial charge on any atom is -0.478 e. The fraction of sp³-hybridized carbons (Fsp3) is 0.833. The van der Waals surface area contributed by atoms with Gasteiger partial charge < -0.3 is 15.3 Å². The highest BCUT2D eigenvalue weighted by molar-refractivity contribution is 5.84. The molecule has 22 heavy (non-hydrogen) atoms. The molecule has 2 saturated heterocycles. The molecule has 0 amide bonds. The number of carbonyl (C=O) groups is 1. The molecule has 0 aromatic carbocycles. The number of carboxylic acids is 1. The second-order valence-corrected chi connectivity index (χ2v) is 8.14. The largest absolute Gasteiger partial charge is 0.478 e. The van der Waals surface area contributed by atoms with E-state index in [1.807, 2.05) is 0 Å².